The Morgan fingerprint density at radius 3 is 2.71 bits per heavy atom. The molecule has 0 bridgehead atoms. The first-order chi connectivity index (χ1) is 13.5. The van der Waals surface area contributed by atoms with Crippen molar-refractivity contribution in [3.63, 3.8) is 0 Å². The van der Waals surface area contributed by atoms with Gasteiger partial charge in [-0.1, -0.05) is 30.3 Å². The predicted molar refractivity (Wildman–Crippen MR) is 105 cm³/mol. The number of carbonyl (C=O) groups is 2. The highest BCUT2D eigenvalue weighted by Crippen LogP contribution is 2.37. The molecule has 1 amide bonds. The summed E-state index contributed by atoms with van der Waals surface area (Å²) in [4.78, 5) is 30.9. The Labute approximate surface area is 165 Å². The number of nitrogens with zero attached hydrogens (tertiary/aromatic N) is 2. The van der Waals surface area contributed by atoms with Gasteiger partial charge >= 0.3 is 5.97 Å². The number of aryl methyl sites for hydroxylation is 1. The summed E-state index contributed by atoms with van der Waals surface area (Å²) in [6.45, 7) is 0.149. The van der Waals surface area contributed by atoms with Crippen molar-refractivity contribution in [2.75, 3.05) is 11.4 Å². The van der Waals surface area contributed by atoms with E-state index in [0.717, 1.165) is 4.88 Å². The lowest BCUT2D eigenvalue weighted by Gasteiger charge is -2.17. The molecule has 1 N–H and O–H groups in total. The molecule has 0 spiro atoms. The number of carboxylic acids is 1. The van der Waals surface area contributed by atoms with Gasteiger partial charge in [0.15, 0.2) is 0 Å². The highest BCUT2D eigenvalue weighted by molar-refractivity contribution is 7.15. The fraction of sp³-hybridized carbons (Fsp3) is 0.190. The molecular weight excluding hydrogens is 379 g/mol. The normalized spacial score (nSPS) is 15.5. The van der Waals surface area contributed by atoms with Crippen molar-refractivity contribution in [3.8, 4) is 10.6 Å². The van der Waals surface area contributed by atoms with E-state index in [9.17, 15) is 19.1 Å². The Morgan fingerprint density at radius 2 is 1.93 bits per heavy atom. The van der Waals surface area contributed by atoms with Crippen LogP contribution in [0, 0.1) is 5.82 Å². The molecule has 7 heteroatoms. The van der Waals surface area contributed by atoms with Crippen molar-refractivity contribution in [2.45, 2.75) is 18.8 Å². The van der Waals surface area contributed by atoms with Crippen molar-refractivity contribution < 1.29 is 19.1 Å². The van der Waals surface area contributed by atoms with Crippen LogP contribution in [-0.2, 0) is 16.0 Å². The number of amides is 1. The summed E-state index contributed by atoms with van der Waals surface area (Å²) in [7, 11) is 0. The first-order valence-electron chi connectivity index (χ1n) is 8.86. The Kier molecular flexibility index (Phi) is 4.92. The molecule has 142 valence electrons. The summed E-state index contributed by atoms with van der Waals surface area (Å²) >= 11 is 1.36. The molecule has 1 aliphatic heterocycles. The molecule has 1 aliphatic rings. The third-order valence-electron chi connectivity index (χ3n) is 4.81. The minimum absolute atomic E-state index is 0.128. The van der Waals surface area contributed by atoms with Gasteiger partial charge in [0.25, 0.3) is 0 Å². The lowest BCUT2D eigenvalue weighted by molar-refractivity contribution is -0.138. The number of halogens is 1. The number of carbonyl (C=O) groups excluding carboxylic acids is 1. The summed E-state index contributed by atoms with van der Waals surface area (Å²) in [6.07, 6.45) is 2.37. The molecular formula is C21H17FN2O3S. The first kappa shape index (κ1) is 18.3. The van der Waals surface area contributed by atoms with Crippen molar-refractivity contribution in [3.05, 3.63) is 71.0 Å². The van der Waals surface area contributed by atoms with E-state index in [1.165, 1.54) is 17.4 Å². The van der Waals surface area contributed by atoms with Gasteiger partial charge in [-0.05, 0) is 30.2 Å². The molecule has 1 aromatic heterocycles. The van der Waals surface area contributed by atoms with E-state index in [1.807, 2.05) is 0 Å². The lowest BCUT2D eigenvalue weighted by Crippen LogP contribution is -2.31. The molecule has 1 unspecified atom stereocenters. The van der Waals surface area contributed by atoms with Gasteiger partial charge in [0, 0.05) is 35.3 Å². The maximum atomic E-state index is 13.9. The number of aromatic nitrogens is 1. The fourth-order valence-electron chi connectivity index (χ4n) is 3.40. The van der Waals surface area contributed by atoms with Crippen LogP contribution in [0.25, 0.3) is 10.6 Å². The Hall–Kier alpha value is -3.06. The maximum Gasteiger partial charge on any atom is 0.312 e. The topological polar surface area (TPSA) is 70.5 Å². The molecule has 0 fully saturated rings. The number of thiazole rings is 1. The van der Waals surface area contributed by atoms with Gasteiger partial charge in [-0.15, -0.1) is 11.3 Å². The van der Waals surface area contributed by atoms with E-state index >= 15 is 0 Å². The van der Waals surface area contributed by atoms with Crippen molar-refractivity contribution >= 4 is 28.9 Å². The number of anilines is 1. The fourth-order valence-corrected chi connectivity index (χ4v) is 4.34. The molecule has 2 heterocycles. The van der Waals surface area contributed by atoms with E-state index in [-0.39, 0.29) is 24.7 Å². The van der Waals surface area contributed by atoms with E-state index < -0.39 is 11.9 Å². The minimum Gasteiger partial charge on any atom is -0.481 e. The van der Waals surface area contributed by atoms with Crippen LogP contribution < -0.4 is 4.90 Å². The van der Waals surface area contributed by atoms with Crippen LogP contribution in [0.5, 0.6) is 0 Å². The third kappa shape index (κ3) is 3.41. The van der Waals surface area contributed by atoms with Gasteiger partial charge in [0.05, 0.1) is 0 Å². The van der Waals surface area contributed by atoms with E-state index in [1.54, 1.807) is 53.6 Å². The number of hydrogen-bond acceptors (Lipinski definition) is 4. The predicted octanol–water partition coefficient (Wildman–Crippen LogP) is 4.10. The molecule has 1 atom stereocenters. The Morgan fingerprint density at radius 1 is 1.18 bits per heavy atom. The largest absolute Gasteiger partial charge is 0.481 e. The summed E-state index contributed by atoms with van der Waals surface area (Å²) in [6, 6.07) is 13.6. The highest BCUT2D eigenvalue weighted by Gasteiger charge is 2.35. The molecule has 28 heavy (non-hydrogen) atoms. The Bertz CT molecular complexity index is 1050. The van der Waals surface area contributed by atoms with E-state index in [2.05, 4.69) is 4.98 Å². The van der Waals surface area contributed by atoms with Crippen molar-refractivity contribution in [1.82, 2.24) is 4.98 Å². The van der Waals surface area contributed by atoms with E-state index in [4.69, 9.17) is 0 Å². The van der Waals surface area contributed by atoms with Crippen LogP contribution in [0.15, 0.2) is 54.7 Å². The van der Waals surface area contributed by atoms with Crippen LogP contribution in [0.2, 0.25) is 0 Å². The lowest BCUT2D eigenvalue weighted by atomic mass is 10.0. The molecule has 3 aromatic rings. The summed E-state index contributed by atoms with van der Waals surface area (Å²) in [5.41, 5.74) is 1.78. The second-order valence-electron chi connectivity index (χ2n) is 6.57. The van der Waals surface area contributed by atoms with Crippen LogP contribution in [0.3, 0.4) is 0 Å². The maximum absolute atomic E-state index is 13.9. The van der Waals surface area contributed by atoms with Crippen molar-refractivity contribution in [2.24, 2.45) is 0 Å². The number of para-hydroxylation sites is 1. The average molecular weight is 396 g/mol. The zero-order valence-electron chi connectivity index (χ0n) is 14.8. The van der Waals surface area contributed by atoms with Crippen molar-refractivity contribution in [1.29, 1.82) is 0 Å². The Balaban J connectivity index is 1.46. The van der Waals surface area contributed by atoms with Gasteiger partial charge in [-0.2, -0.15) is 0 Å². The number of benzene rings is 2. The van der Waals surface area contributed by atoms with Crippen LogP contribution in [0.4, 0.5) is 10.1 Å². The number of aliphatic carboxylic acids is 1. The number of fused-ring (bicyclic) bond motifs is 1. The summed E-state index contributed by atoms with van der Waals surface area (Å²) in [5.74, 6) is -2.08. The molecule has 2 aromatic carbocycles. The molecule has 5 nitrogen and oxygen atoms in total. The molecule has 0 radical (unpaired) electrons. The summed E-state index contributed by atoms with van der Waals surface area (Å²) in [5, 5.41) is 10.0. The molecule has 0 saturated carbocycles. The number of hydrogen-bond donors (Lipinski definition) is 1. The van der Waals surface area contributed by atoms with Gasteiger partial charge in [-0.25, -0.2) is 9.37 Å². The van der Waals surface area contributed by atoms with Gasteiger partial charge in [0.1, 0.15) is 16.7 Å². The molecule has 4 rings (SSSR count). The van der Waals surface area contributed by atoms with Crippen LogP contribution >= 0.6 is 11.3 Å². The average Bonchev–Trinajstić information content (AvgIpc) is 3.31. The third-order valence-corrected chi connectivity index (χ3v) is 5.90. The molecule has 0 aliphatic carbocycles. The highest BCUT2D eigenvalue weighted by atomic mass is 32.1. The van der Waals surface area contributed by atoms with Gasteiger partial charge in [-0.3, -0.25) is 9.59 Å². The van der Waals surface area contributed by atoms with Crippen LogP contribution in [0.1, 0.15) is 22.8 Å². The quantitative estimate of drug-likeness (QED) is 0.705. The zero-order valence-corrected chi connectivity index (χ0v) is 15.7. The van der Waals surface area contributed by atoms with Crippen LogP contribution in [-0.4, -0.2) is 28.5 Å². The molecule has 0 saturated heterocycles. The summed E-state index contributed by atoms with van der Waals surface area (Å²) < 4.78 is 13.9. The second kappa shape index (κ2) is 7.52. The monoisotopic (exact) mass is 396 g/mol. The van der Waals surface area contributed by atoms with Gasteiger partial charge < -0.3 is 10.0 Å². The minimum atomic E-state index is -0.931. The first-order valence-corrected chi connectivity index (χ1v) is 9.68. The second-order valence-corrected chi connectivity index (χ2v) is 7.68. The zero-order chi connectivity index (χ0) is 19.7. The standard InChI is InChI=1S/C21H17FN2O3S/c22-17-7-3-1-6-15(17)20-23-11-13(28-20)9-10-19(25)24-12-16(21(26)27)14-5-2-4-8-18(14)24/h1-8,11,16H,9-10,12H2,(H,26,27). The smallest absolute Gasteiger partial charge is 0.312 e. The SMILES string of the molecule is O=C(O)C1CN(C(=O)CCc2cnc(-c3ccccc3F)s2)c2ccccc21. The van der Waals surface area contributed by atoms with Gasteiger partial charge in [0.2, 0.25) is 5.91 Å². The van der Waals surface area contributed by atoms with E-state index in [0.29, 0.717) is 28.2 Å². The number of rotatable bonds is 5. The number of carboxylic acid groups (broad SMARTS) is 1.